The third-order valence-electron chi connectivity index (χ3n) is 4.54. The Bertz CT molecular complexity index is 675. The highest BCUT2D eigenvalue weighted by atomic mass is 19.1. The lowest BCUT2D eigenvalue weighted by Gasteiger charge is -2.32. The molecule has 3 rings (SSSR count). The van der Waals surface area contributed by atoms with Crippen molar-refractivity contribution < 1.29 is 9.13 Å². The summed E-state index contributed by atoms with van der Waals surface area (Å²) in [4.78, 5) is 11.5. The predicted molar refractivity (Wildman–Crippen MR) is 96.0 cm³/mol. The number of hydrogen-bond acceptors (Lipinski definition) is 4. The third kappa shape index (κ3) is 5.23. The van der Waals surface area contributed by atoms with E-state index < -0.39 is 0 Å². The third-order valence-corrected chi connectivity index (χ3v) is 4.54. The number of ether oxygens (including phenoxy) is 1. The first-order valence-corrected chi connectivity index (χ1v) is 9.02. The predicted octanol–water partition coefficient (Wildman–Crippen LogP) is 4.03. The first-order valence-electron chi connectivity index (χ1n) is 9.02. The number of nitrogens with zero attached hydrogens (tertiary/aromatic N) is 3. The first-order chi connectivity index (χ1) is 12.1. The lowest BCUT2D eigenvalue weighted by atomic mass is 9.99. The minimum Gasteiger partial charge on any atom is -0.493 e. The van der Waals surface area contributed by atoms with Gasteiger partial charge in [-0.3, -0.25) is 4.90 Å². The van der Waals surface area contributed by atoms with E-state index in [2.05, 4.69) is 28.7 Å². The minimum absolute atomic E-state index is 0.234. The van der Waals surface area contributed by atoms with Gasteiger partial charge in [0.15, 0.2) is 0 Å². The van der Waals surface area contributed by atoms with Gasteiger partial charge in [-0.2, -0.15) is 0 Å². The van der Waals surface area contributed by atoms with Gasteiger partial charge in [-0.05, 0) is 49.7 Å². The van der Waals surface area contributed by atoms with Gasteiger partial charge in [-0.1, -0.05) is 13.8 Å². The number of likely N-dealkylation sites (tertiary alicyclic amines) is 1. The van der Waals surface area contributed by atoms with Crippen LogP contribution in [0, 0.1) is 11.7 Å². The number of halogens is 1. The monoisotopic (exact) mass is 343 g/mol. The minimum atomic E-state index is -0.234. The van der Waals surface area contributed by atoms with E-state index in [-0.39, 0.29) is 5.82 Å². The Kier molecular flexibility index (Phi) is 5.97. The zero-order valence-electron chi connectivity index (χ0n) is 15.0. The number of aromatic nitrogens is 2. The van der Waals surface area contributed by atoms with Gasteiger partial charge in [0.25, 0.3) is 0 Å². The quantitative estimate of drug-likeness (QED) is 0.794. The largest absolute Gasteiger partial charge is 0.493 e. The lowest BCUT2D eigenvalue weighted by molar-refractivity contribution is 0.124. The van der Waals surface area contributed by atoms with Crippen LogP contribution in [0.25, 0.3) is 0 Å². The fourth-order valence-corrected chi connectivity index (χ4v) is 3.18. The van der Waals surface area contributed by atoms with Crippen LogP contribution in [-0.4, -0.2) is 34.6 Å². The van der Waals surface area contributed by atoms with Crippen molar-refractivity contribution in [3.63, 3.8) is 0 Å². The average Bonchev–Trinajstić information content (AvgIpc) is 2.62. The molecule has 5 heteroatoms. The highest BCUT2D eigenvalue weighted by molar-refractivity contribution is 5.22. The average molecular weight is 343 g/mol. The maximum atomic E-state index is 12.9. The second kappa shape index (κ2) is 8.39. The smallest absolute Gasteiger partial charge is 0.131 e. The summed E-state index contributed by atoms with van der Waals surface area (Å²) >= 11 is 0. The summed E-state index contributed by atoms with van der Waals surface area (Å²) in [5.41, 5.74) is 1.08. The molecule has 1 aromatic heterocycles. The molecule has 0 aliphatic carbocycles. The summed E-state index contributed by atoms with van der Waals surface area (Å²) < 4.78 is 18.8. The standard InChI is InChI=1S/C20H26FN3O/c1-15(2)20-22-10-9-18(23-20)13-24-11-3-4-16(12-24)14-25-19-7-5-17(21)6-8-19/h5-10,15-16H,3-4,11-14H2,1-2H3/t16-/m1/s1. The molecule has 1 aliphatic heterocycles. The van der Waals surface area contributed by atoms with Crippen LogP contribution >= 0.6 is 0 Å². The molecule has 0 radical (unpaired) electrons. The van der Waals surface area contributed by atoms with Crippen molar-refractivity contribution in [1.29, 1.82) is 0 Å². The number of benzene rings is 1. The van der Waals surface area contributed by atoms with Gasteiger partial charge in [0.05, 0.1) is 12.3 Å². The highest BCUT2D eigenvalue weighted by Crippen LogP contribution is 2.20. The summed E-state index contributed by atoms with van der Waals surface area (Å²) in [6, 6.07) is 8.24. The molecule has 1 aromatic carbocycles. The Morgan fingerprint density at radius 3 is 2.80 bits per heavy atom. The summed E-state index contributed by atoms with van der Waals surface area (Å²) in [7, 11) is 0. The van der Waals surface area contributed by atoms with Gasteiger partial charge in [0.1, 0.15) is 17.4 Å². The normalized spacial score (nSPS) is 18.5. The van der Waals surface area contributed by atoms with Crippen molar-refractivity contribution in [2.75, 3.05) is 19.7 Å². The van der Waals surface area contributed by atoms with Crippen molar-refractivity contribution in [3.05, 3.63) is 53.9 Å². The maximum Gasteiger partial charge on any atom is 0.131 e. The van der Waals surface area contributed by atoms with E-state index in [0.717, 1.165) is 36.9 Å². The molecule has 0 saturated carbocycles. The van der Waals surface area contributed by atoms with Crippen molar-refractivity contribution in [1.82, 2.24) is 14.9 Å². The molecule has 25 heavy (non-hydrogen) atoms. The summed E-state index contributed by atoms with van der Waals surface area (Å²) in [6.07, 6.45) is 4.19. The van der Waals surface area contributed by atoms with Gasteiger partial charge in [-0.15, -0.1) is 0 Å². The van der Waals surface area contributed by atoms with Crippen LogP contribution in [0.4, 0.5) is 4.39 Å². The Balaban J connectivity index is 1.52. The fourth-order valence-electron chi connectivity index (χ4n) is 3.18. The molecular weight excluding hydrogens is 317 g/mol. The molecule has 2 heterocycles. The van der Waals surface area contributed by atoms with E-state index in [4.69, 9.17) is 4.74 Å². The first kappa shape index (κ1) is 17.8. The molecule has 1 saturated heterocycles. The molecule has 0 bridgehead atoms. The highest BCUT2D eigenvalue weighted by Gasteiger charge is 2.21. The number of piperidine rings is 1. The van der Waals surface area contributed by atoms with E-state index in [1.54, 1.807) is 12.1 Å². The van der Waals surface area contributed by atoms with Gasteiger partial charge >= 0.3 is 0 Å². The van der Waals surface area contributed by atoms with Crippen molar-refractivity contribution in [2.24, 2.45) is 5.92 Å². The molecule has 1 fully saturated rings. The second-order valence-corrected chi connectivity index (χ2v) is 7.07. The molecule has 1 aliphatic rings. The van der Waals surface area contributed by atoms with E-state index in [0.29, 0.717) is 18.4 Å². The summed E-state index contributed by atoms with van der Waals surface area (Å²) in [6.45, 7) is 7.85. The van der Waals surface area contributed by atoms with Crippen LogP contribution in [0.5, 0.6) is 5.75 Å². The molecule has 134 valence electrons. The summed E-state index contributed by atoms with van der Waals surface area (Å²) in [5, 5.41) is 0. The topological polar surface area (TPSA) is 38.2 Å². The van der Waals surface area contributed by atoms with E-state index >= 15 is 0 Å². The Morgan fingerprint density at radius 2 is 2.04 bits per heavy atom. The van der Waals surface area contributed by atoms with E-state index in [1.165, 1.54) is 25.0 Å². The zero-order chi connectivity index (χ0) is 17.6. The van der Waals surface area contributed by atoms with Gasteiger partial charge < -0.3 is 4.74 Å². The molecule has 0 N–H and O–H groups in total. The van der Waals surface area contributed by atoms with Crippen molar-refractivity contribution in [3.8, 4) is 5.75 Å². The SMILES string of the molecule is CC(C)c1nccc(CN2CCC[C@@H](COc3ccc(F)cc3)C2)n1. The molecule has 2 aromatic rings. The van der Waals surface area contributed by atoms with Crippen LogP contribution < -0.4 is 4.74 Å². The van der Waals surface area contributed by atoms with E-state index in [1.807, 2.05) is 12.3 Å². The van der Waals surface area contributed by atoms with Gasteiger partial charge in [0.2, 0.25) is 0 Å². The van der Waals surface area contributed by atoms with Crippen molar-refractivity contribution in [2.45, 2.75) is 39.2 Å². The zero-order valence-corrected chi connectivity index (χ0v) is 15.0. The van der Waals surface area contributed by atoms with Crippen LogP contribution in [0.1, 0.15) is 44.1 Å². The summed E-state index contributed by atoms with van der Waals surface area (Å²) in [5.74, 6) is 2.24. The number of hydrogen-bond donors (Lipinski definition) is 0. The molecular formula is C20H26FN3O. The Morgan fingerprint density at radius 1 is 1.24 bits per heavy atom. The van der Waals surface area contributed by atoms with E-state index in [9.17, 15) is 4.39 Å². The fraction of sp³-hybridized carbons (Fsp3) is 0.500. The van der Waals surface area contributed by atoms with Crippen LogP contribution in [0.3, 0.4) is 0 Å². The Hall–Kier alpha value is -2.01. The molecule has 0 unspecified atom stereocenters. The second-order valence-electron chi connectivity index (χ2n) is 7.07. The van der Waals surface area contributed by atoms with Gasteiger partial charge in [-0.25, -0.2) is 14.4 Å². The lowest BCUT2D eigenvalue weighted by Crippen LogP contribution is -2.37. The molecule has 0 spiro atoms. The van der Waals surface area contributed by atoms with Crippen LogP contribution in [-0.2, 0) is 6.54 Å². The Labute approximate surface area is 149 Å². The molecule has 0 amide bonds. The number of rotatable bonds is 6. The van der Waals surface area contributed by atoms with Crippen molar-refractivity contribution >= 4 is 0 Å². The van der Waals surface area contributed by atoms with Crippen LogP contribution in [0.2, 0.25) is 0 Å². The van der Waals surface area contributed by atoms with Crippen LogP contribution in [0.15, 0.2) is 36.5 Å². The van der Waals surface area contributed by atoms with Gasteiger partial charge in [0, 0.05) is 31.1 Å². The molecule has 1 atom stereocenters. The molecule has 4 nitrogen and oxygen atoms in total. The maximum absolute atomic E-state index is 12.9.